The molecule has 0 amide bonds. The van der Waals surface area contributed by atoms with Crippen LogP contribution in [0.1, 0.15) is 25.7 Å². The topological polar surface area (TPSA) is 50.2 Å². The van der Waals surface area contributed by atoms with Crippen LogP contribution in [0.3, 0.4) is 0 Å². The van der Waals surface area contributed by atoms with Crippen LogP contribution in [0.25, 0.3) is 10.9 Å². The van der Waals surface area contributed by atoms with E-state index in [1.54, 1.807) is 18.5 Å². The average Bonchev–Trinajstić information content (AvgIpc) is 2.70. The third kappa shape index (κ3) is 3.94. The number of allylic oxidation sites excluding steroid dienone is 2. The quantitative estimate of drug-likeness (QED) is 0.901. The third-order valence-electron chi connectivity index (χ3n) is 5.39. The Balaban J connectivity index is 1.34. The third-order valence-corrected chi connectivity index (χ3v) is 5.39. The van der Waals surface area contributed by atoms with Gasteiger partial charge in [-0.05, 0) is 43.4 Å². The molecule has 0 bridgehead atoms. The minimum atomic E-state index is 0.0433. The fourth-order valence-corrected chi connectivity index (χ4v) is 3.82. The van der Waals surface area contributed by atoms with Crippen molar-refractivity contribution < 1.29 is 0 Å². The van der Waals surface area contributed by atoms with Crippen LogP contribution in [0, 0.1) is 0 Å². The van der Waals surface area contributed by atoms with Gasteiger partial charge in [-0.1, -0.05) is 18.2 Å². The second-order valence-corrected chi connectivity index (χ2v) is 7.21. The lowest BCUT2D eigenvalue weighted by Gasteiger charge is -2.33. The zero-order valence-electron chi connectivity index (χ0n) is 15.1. The molecular formula is C21H26N4O. The minimum Gasteiger partial charge on any atom is -0.310 e. The Morgan fingerprint density at radius 3 is 2.85 bits per heavy atom. The van der Waals surface area contributed by atoms with Crippen LogP contribution < -0.4 is 10.9 Å². The number of hydrogen-bond donors (Lipinski definition) is 1. The highest BCUT2D eigenvalue weighted by molar-refractivity contribution is 5.77. The van der Waals surface area contributed by atoms with Gasteiger partial charge < -0.3 is 5.32 Å². The number of likely N-dealkylation sites (tertiary alicyclic amines) is 1. The summed E-state index contributed by atoms with van der Waals surface area (Å²) >= 11 is 0. The summed E-state index contributed by atoms with van der Waals surface area (Å²) in [5, 5.41) is 4.75. The summed E-state index contributed by atoms with van der Waals surface area (Å²) in [6, 6.07) is 6.05. The lowest BCUT2D eigenvalue weighted by molar-refractivity contribution is 0.161. The predicted molar refractivity (Wildman–Crippen MR) is 105 cm³/mol. The molecule has 5 heteroatoms. The normalized spacial score (nSPS) is 19.0. The molecule has 1 fully saturated rings. The van der Waals surface area contributed by atoms with Crippen LogP contribution in [-0.2, 0) is 6.67 Å². The maximum absolute atomic E-state index is 12.3. The molecule has 26 heavy (non-hydrogen) atoms. The first-order valence-corrected chi connectivity index (χ1v) is 9.54. The van der Waals surface area contributed by atoms with Crippen molar-refractivity contribution in [3.05, 3.63) is 64.7 Å². The van der Waals surface area contributed by atoms with Crippen LogP contribution in [0.4, 0.5) is 0 Å². The molecule has 0 radical (unpaired) electrons. The van der Waals surface area contributed by atoms with Gasteiger partial charge in [0.25, 0.3) is 5.56 Å². The largest absolute Gasteiger partial charge is 0.310 e. The molecule has 1 aliphatic heterocycles. The predicted octanol–water partition coefficient (Wildman–Crippen LogP) is 2.68. The number of aromatic nitrogens is 2. The van der Waals surface area contributed by atoms with Crippen molar-refractivity contribution in [2.24, 2.45) is 0 Å². The first-order valence-electron chi connectivity index (χ1n) is 9.54. The van der Waals surface area contributed by atoms with E-state index in [1.165, 1.54) is 18.4 Å². The van der Waals surface area contributed by atoms with E-state index in [1.807, 2.05) is 16.7 Å². The van der Waals surface area contributed by atoms with Crippen molar-refractivity contribution in [3.8, 4) is 0 Å². The molecule has 0 atom stereocenters. The Bertz CT molecular complexity index is 875. The van der Waals surface area contributed by atoms with Crippen LogP contribution in [0.5, 0.6) is 0 Å². The molecule has 0 spiro atoms. The zero-order valence-corrected chi connectivity index (χ0v) is 15.1. The summed E-state index contributed by atoms with van der Waals surface area (Å²) in [4.78, 5) is 18.9. The summed E-state index contributed by atoms with van der Waals surface area (Å²) in [6.07, 6.45) is 15.0. The van der Waals surface area contributed by atoms with Gasteiger partial charge in [-0.2, -0.15) is 0 Å². The Morgan fingerprint density at radius 2 is 2.04 bits per heavy atom. The Labute approximate surface area is 154 Å². The molecule has 5 nitrogen and oxygen atoms in total. The molecule has 0 unspecified atom stereocenters. The summed E-state index contributed by atoms with van der Waals surface area (Å²) in [6.45, 7) is 3.63. The summed E-state index contributed by atoms with van der Waals surface area (Å²) < 4.78 is 1.84. The molecule has 1 N–H and O–H groups in total. The van der Waals surface area contributed by atoms with Gasteiger partial charge in [0.05, 0.1) is 18.4 Å². The fraction of sp³-hybridized carbons (Fsp3) is 0.429. The van der Waals surface area contributed by atoms with Crippen molar-refractivity contribution in [1.82, 2.24) is 19.8 Å². The average molecular weight is 350 g/mol. The molecule has 1 aliphatic carbocycles. The molecule has 136 valence electrons. The highest BCUT2D eigenvalue weighted by Crippen LogP contribution is 2.15. The molecular weight excluding hydrogens is 324 g/mol. The van der Waals surface area contributed by atoms with Crippen molar-refractivity contribution in [1.29, 1.82) is 0 Å². The van der Waals surface area contributed by atoms with Crippen LogP contribution in [0.2, 0.25) is 0 Å². The van der Waals surface area contributed by atoms with E-state index in [0.717, 1.165) is 43.4 Å². The molecule has 0 saturated carbocycles. The Hall–Kier alpha value is -2.24. The number of piperidine rings is 1. The number of hydrogen-bond acceptors (Lipinski definition) is 4. The lowest BCUT2D eigenvalue weighted by atomic mass is 10.0. The van der Waals surface area contributed by atoms with E-state index in [4.69, 9.17) is 0 Å². The van der Waals surface area contributed by atoms with E-state index in [0.29, 0.717) is 12.7 Å². The lowest BCUT2D eigenvalue weighted by Crippen LogP contribution is -2.44. The summed E-state index contributed by atoms with van der Waals surface area (Å²) in [7, 11) is 0. The van der Waals surface area contributed by atoms with Gasteiger partial charge in [0.15, 0.2) is 0 Å². The molecule has 0 aromatic carbocycles. The summed E-state index contributed by atoms with van der Waals surface area (Å²) in [5.41, 5.74) is 2.37. The van der Waals surface area contributed by atoms with Gasteiger partial charge in [0, 0.05) is 43.3 Å². The van der Waals surface area contributed by atoms with Gasteiger partial charge in [-0.25, -0.2) is 0 Å². The van der Waals surface area contributed by atoms with Crippen molar-refractivity contribution in [2.75, 3.05) is 19.6 Å². The molecule has 2 aromatic rings. The number of fused-ring (bicyclic) bond motifs is 1. The van der Waals surface area contributed by atoms with E-state index < -0.39 is 0 Å². The maximum atomic E-state index is 12.3. The Kier molecular flexibility index (Phi) is 5.27. The van der Waals surface area contributed by atoms with Crippen LogP contribution in [-0.4, -0.2) is 40.1 Å². The number of pyridine rings is 2. The first kappa shape index (κ1) is 17.2. The zero-order chi connectivity index (χ0) is 17.8. The SMILES string of the molecule is O=c1ccc2ccncc2n1CN1CCC(NCC2=CCCC=C2)CC1. The van der Waals surface area contributed by atoms with Crippen LogP contribution in [0.15, 0.2) is 59.2 Å². The van der Waals surface area contributed by atoms with Gasteiger partial charge in [-0.15, -0.1) is 0 Å². The molecule has 2 aliphatic rings. The van der Waals surface area contributed by atoms with Gasteiger partial charge in [-0.3, -0.25) is 19.2 Å². The van der Waals surface area contributed by atoms with Crippen LogP contribution >= 0.6 is 0 Å². The molecule has 4 rings (SSSR count). The standard InChI is InChI=1S/C21H26N4O/c26-21-7-6-18-8-11-22-15-20(18)25(21)16-24-12-9-19(10-13-24)23-14-17-4-2-1-3-5-17/h2,4-8,11,15,19,23H,1,3,9-10,12-14,16H2. The minimum absolute atomic E-state index is 0.0433. The number of rotatable bonds is 5. The molecule has 2 aromatic heterocycles. The molecule has 3 heterocycles. The number of nitrogens with one attached hydrogen (secondary N) is 1. The fourth-order valence-electron chi connectivity index (χ4n) is 3.82. The first-order chi connectivity index (χ1) is 12.8. The second-order valence-electron chi connectivity index (χ2n) is 7.21. The van der Waals surface area contributed by atoms with Crippen molar-refractivity contribution >= 4 is 10.9 Å². The van der Waals surface area contributed by atoms with Gasteiger partial charge in [0.2, 0.25) is 0 Å². The van der Waals surface area contributed by atoms with E-state index in [2.05, 4.69) is 33.4 Å². The van der Waals surface area contributed by atoms with E-state index in [9.17, 15) is 4.79 Å². The van der Waals surface area contributed by atoms with Crippen molar-refractivity contribution in [3.63, 3.8) is 0 Å². The summed E-state index contributed by atoms with van der Waals surface area (Å²) in [5.74, 6) is 0. The van der Waals surface area contributed by atoms with E-state index in [-0.39, 0.29) is 5.56 Å². The Morgan fingerprint density at radius 1 is 1.15 bits per heavy atom. The van der Waals surface area contributed by atoms with Gasteiger partial charge >= 0.3 is 0 Å². The van der Waals surface area contributed by atoms with Crippen molar-refractivity contribution in [2.45, 2.75) is 38.4 Å². The highest BCUT2D eigenvalue weighted by atomic mass is 16.1. The number of nitrogens with zero attached hydrogens (tertiary/aromatic N) is 3. The smallest absolute Gasteiger partial charge is 0.252 e. The highest BCUT2D eigenvalue weighted by Gasteiger charge is 2.19. The van der Waals surface area contributed by atoms with E-state index >= 15 is 0 Å². The monoisotopic (exact) mass is 350 g/mol. The maximum Gasteiger partial charge on any atom is 0.252 e. The molecule has 1 saturated heterocycles. The van der Waals surface area contributed by atoms with Gasteiger partial charge in [0.1, 0.15) is 0 Å². The second kappa shape index (κ2) is 7.98.